The summed E-state index contributed by atoms with van der Waals surface area (Å²) < 4.78 is 5.33. The van der Waals surface area contributed by atoms with Gasteiger partial charge >= 0.3 is 0 Å². The largest absolute Gasteiger partial charge is 0.497 e. The molecule has 2 aromatic heterocycles. The number of aryl methyl sites for hydroxylation is 1. The van der Waals surface area contributed by atoms with Gasteiger partial charge < -0.3 is 15.0 Å². The number of nitrogens with one attached hydrogen (secondary N) is 1. The van der Waals surface area contributed by atoms with Crippen molar-refractivity contribution in [2.24, 2.45) is 5.92 Å². The van der Waals surface area contributed by atoms with E-state index in [2.05, 4.69) is 16.3 Å². The Morgan fingerprint density at radius 2 is 2.07 bits per heavy atom. The minimum Gasteiger partial charge on any atom is -0.497 e. The van der Waals surface area contributed by atoms with Crippen molar-refractivity contribution >= 4 is 34.1 Å². The van der Waals surface area contributed by atoms with E-state index in [9.17, 15) is 4.79 Å². The Balaban J connectivity index is 1.42. The molecule has 1 N–H and O–H groups in total. The summed E-state index contributed by atoms with van der Waals surface area (Å²) in [4.78, 5) is 25.5. The molecule has 0 aliphatic carbocycles. The van der Waals surface area contributed by atoms with Gasteiger partial charge in [0.25, 0.3) is 0 Å². The van der Waals surface area contributed by atoms with Gasteiger partial charge in [-0.25, -0.2) is 9.97 Å². The van der Waals surface area contributed by atoms with Crippen LogP contribution < -0.4 is 15.0 Å². The number of anilines is 1. The van der Waals surface area contributed by atoms with E-state index in [-0.39, 0.29) is 17.9 Å². The Kier molecular flexibility index (Phi) is 5.67. The van der Waals surface area contributed by atoms with Crippen molar-refractivity contribution in [2.45, 2.75) is 32.7 Å². The van der Waals surface area contributed by atoms with Crippen LogP contribution in [0, 0.1) is 12.8 Å². The van der Waals surface area contributed by atoms with Crippen molar-refractivity contribution in [1.29, 1.82) is 0 Å². The van der Waals surface area contributed by atoms with E-state index in [4.69, 9.17) is 14.7 Å². The molecule has 3 heterocycles. The number of fused-ring (bicyclic) bond motifs is 1. The third-order valence-electron chi connectivity index (χ3n) is 5.56. The number of aromatic nitrogens is 2. The average Bonchev–Trinajstić information content (AvgIpc) is 3.28. The first-order valence-corrected chi connectivity index (χ1v) is 10.8. The summed E-state index contributed by atoms with van der Waals surface area (Å²) in [5, 5.41) is 6.23. The highest BCUT2D eigenvalue weighted by atomic mass is 32.1. The van der Waals surface area contributed by atoms with Gasteiger partial charge in [0.15, 0.2) is 0 Å². The van der Waals surface area contributed by atoms with Crippen molar-refractivity contribution in [3.8, 4) is 5.75 Å². The molecule has 0 bridgehead atoms. The molecule has 1 aliphatic heterocycles. The zero-order valence-electron chi connectivity index (χ0n) is 17.0. The second kappa shape index (κ2) is 8.37. The quantitative estimate of drug-likeness (QED) is 0.686. The Morgan fingerprint density at radius 1 is 1.28 bits per heavy atom. The van der Waals surface area contributed by atoms with E-state index in [1.807, 2.05) is 43.5 Å². The van der Waals surface area contributed by atoms with E-state index in [0.717, 1.165) is 54.2 Å². The molecule has 0 radical (unpaired) electrons. The number of hydrogen-bond acceptors (Lipinski definition) is 6. The summed E-state index contributed by atoms with van der Waals surface area (Å²) in [7, 11) is 1.66. The lowest BCUT2D eigenvalue weighted by Crippen LogP contribution is -2.41. The van der Waals surface area contributed by atoms with E-state index in [1.165, 1.54) is 4.88 Å². The van der Waals surface area contributed by atoms with Crippen LogP contribution in [0.4, 0.5) is 5.95 Å². The zero-order chi connectivity index (χ0) is 20.4. The monoisotopic (exact) mass is 410 g/mol. The fraction of sp³-hybridized carbons (Fsp3) is 0.409. The predicted molar refractivity (Wildman–Crippen MR) is 117 cm³/mol. The number of nitrogens with zero attached hydrogens (tertiary/aromatic N) is 3. The molecule has 1 unspecified atom stereocenters. The van der Waals surface area contributed by atoms with Gasteiger partial charge in [-0.1, -0.05) is 6.07 Å². The molecule has 3 aromatic rings. The molecule has 4 rings (SSSR count). The number of amides is 1. The van der Waals surface area contributed by atoms with Crippen LogP contribution in [-0.4, -0.2) is 36.1 Å². The highest BCUT2D eigenvalue weighted by Crippen LogP contribution is 2.27. The highest BCUT2D eigenvalue weighted by molar-refractivity contribution is 7.10. The standard InChI is InChI=1S/C22H26N4O2S/c1-14-18-7-6-17(28-3)13-19(18)25-22(24-14)26-10-8-16(9-11-26)21(27)23-15(2)20-5-4-12-29-20/h4-7,12-13,15-16H,8-11H2,1-3H3,(H,23,27). The van der Waals surface area contributed by atoms with Gasteiger partial charge in [-0.05, 0) is 50.3 Å². The number of methoxy groups -OCH3 is 1. The van der Waals surface area contributed by atoms with E-state index < -0.39 is 0 Å². The third-order valence-corrected chi connectivity index (χ3v) is 6.62. The molecule has 1 amide bonds. The van der Waals surface area contributed by atoms with Crippen molar-refractivity contribution in [3.63, 3.8) is 0 Å². The molecule has 1 aliphatic rings. The Labute approximate surface area is 174 Å². The number of rotatable bonds is 5. The van der Waals surface area contributed by atoms with Crippen LogP contribution in [0.5, 0.6) is 5.75 Å². The maximum atomic E-state index is 12.7. The number of thiophene rings is 1. The first-order valence-electron chi connectivity index (χ1n) is 9.96. The molecule has 7 heteroatoms. The summed E-state index contributed by atoms with van der Waals surface area (Å²) in [5.41, 5.74) is 1.84. The number of carbonyl (C=O) groups excluding carboxylic acids is 1. The van der Waals surface area contributed by atoms with Crippen LogP contribution in [0.15, 0.2) is 35.7 Å². The van der Waals surface area contributed by atoms with Crippen LogP contribution in [0.3, 0.4) is 0 Å². The number of benzene rings is 1. The van der Waals surface area contributed by atoms with Crippen LogP contribution in [-0.2, 0) is 4.79 Å². The Bertz CT molecular complexity index is 997. The molecule has 1 atom stereocenters. The van der Waals surface area contributed by atoms with Gasteiger partial charge in [-0.15, -0.1) is 11.3 Å². The van der Waals surface area contributed by atoms with Crippen molar-refractivity contribution in [2.75, 3.05) is 25.1 Å². The van der Waals surface area contributed by atoms with Gasteiger partial charge in [0.2, 0.25) is 11.9 Å². The molecule has 0 spiro atoms. The van der Waals surface area contributed by atoms with Gasteiger partial charge in [0.1, 0.15) is 5.75 Å². The second-order valence-electron chi connectivity index (χ2n) is 7.50. The predicted octanol–water partition coefficient (Wildman–Crippen LogP) is 4.10. The molecule has 6 nitrogen and oxygen atoms in total. The van der Waals surface area contributed by atoms with E-state index in [1.54, 1.807) is 18.4 Å². The maximum absolute atomic E-state index is 12.7. The summed E-state index contributed by atoms with van der Waals surface area (Å²) in [6.07, 6.45) is 1.61. The zero-order valence-corrected chi connectivity index (χ0v) is 17.8. The van der Waals surface area contributed by atoms with Crippen molar-refractivity contribution in [1.82, 2.24) is 15.3 Å². The van der Waals surface area contributed by atoms with Crippen LogP contribution in [0.2, 0.25) is 0 Å². The fourth-order valence-electron chi connectivity index (χ4n) is 3.80. The number of piperidine rings is 1. The number of carbonyl (C=O) groups is 1. The molecule has 1 saturated heterocycles. The van der Waals surface area contributed by atoms with Crippen molar-refractivity contribution < 1.29 is 9.53 Å². The molecule has 152 valence electrons. The summed E-state index contributed by atoms with van der Waals surface area (Å²) >= 11 is 1.67. The number of ether oxygens (including phenoxy) is 1. The first kappa shape index (κ1) is 19.6. The SMILES string of the molecule is COc1ccc2c(C)nc(N3CCC(C(=O)NC(C)c4cccs4)CC3)nc2c1. The summed E-state index contributed by atoms with van der Waals surface area (Å²) in [5.74, 6) is 1.70. The molecular formula is C22H26N4O2S. The van der Waals surface area contributed by atoms with Crippen LogP contribution in [0.25, 0.3) is 10.9 Å². The summed E-state index contributed by atoms with van der Waals surface area (Å²) in [6.45, 7) is 5.60. The lowest BCUT2D eigenvalue weighted by atomic mass is 9.95. The summed E-state index contributed by atoms with van der Waals surface area (Å²) in [6, 6.07) is 10.0. The molecule has 1 aromatic carbocycles. The third kappa shape index (κ3) is 4.19. The Hall–Kier alpha value is -2.67. The lowest BCUT2D eigenvalue weighted by Gasteiger charge is -2.32. The average molecular weight is 411 g/mol. The normalized spacial score (nSPS) is 16.0. The van der Waals surface area contributed by atoms with Gasteiger partial charge in [0.05, 0.1) is 24.4 Å². The maximum Gasteiger partial charge on any atom is 0.226 e. The smallest absolute Gasteiger partial charge is 0.226 e. The molecular weight excluding hydrogens is 384 g/mol. The van der Waals surface area contributed by atoms with Gasteiger partial charge in [0, 0.05) is 35.3 Å². The van der Waals surface area contributed by atoms with Gasteiger partial charge in [-0.3, -0.25) is 4.79 Å². The van der Waals surface area contributed by atoms with Crippen molar-refractivity contribution in [3.05, 3.63) is 46.3 Å². The van der Waals surface area contributed by atoms with E-state index in [0.29, 0.717) is 0 Å². The van der Waals surface area contributed by atoms with Crippen LogP contribution in [0.1, 0.15) is 36.4 Å². The lowest BCUT2D eigenvalue weighted by molar-refractivity contribution is -0.126. The minimum atomic E-state index is 0.0373. The molecule has 0 saturated carbocycles. The molecule has 1 fully saturated rings. The Morgan fingerprint density at radius 3 is 2.76 bits per heavy atom. The highest BCUT2D eigenvalue weighted by Gasteiger charge is 2.27. The first-order chi connectivity index (χ1) is 14.0. The second-order valence-corrected chi connectivity index (χ2v) is 8.48. The fourth-order valence-corrected chi connectivity index (χ4v) is 4.54. The van der Waals surface area contributed by atoms with E-state index >= 15 is 0 Å². The topological polar surface area (TPSA) is 67.3 Å². The van der Waals surface area contributed by atoms with Crippen LogP contribution >= 0.6 is 11.3 Å². The molecule has 29 heavy (non-hydrogen) atoms. The minimum absolute atomic E-state index is 0.0373. The van der Waals surface area contributed by atoms with Gasteiger partial charge in [-0.2, -0.15) is 0 Å². The number of hydrogen-bond donors (Lipinski definition) is 1.